The van der Waals surface area contributed by atoms with Crippen LogP contribution < -0.4 is 0 Å². The summed E-state index contributed by atoms with van der Waals surface area (Å²) in [6.45, 7) is 1.61. The van der Waals surface area contributed by atoms with Gasteiger partial charge in [-0.25, -0.2) is 0 Å². The summed E-state index contributed by atoms with van der Waals surface area (Å²) in [5, 5.41) is 17.5. The summed E-state index contributed by atoms with van der Waals surface area (Å²) in [6, 6.07) is 0. The van der Waals surface area contributed by atoms with Crippen LogP contribution in [0.5, 0.6) is 0 Å². The molecular formula is C6H7NO4. The second-order valence-electron chi connectivity index (χ2n) is 2.10. The van der Waals surface area contributed by atoms with Crippen molar-refractivity contribution in [3.05, 3.63) is 11.3 Å². The van der Waals surface area contributed by atoms with Gasteiger partial charge in [-0.1, -0.05) is 6.92 Å². The molecule has 1 aliphatic rings. The zero-order valence-electron chi connectivity index (χ0n) is 5.87. The molecule has 5 nitrogen and oxygen atoms in total. The van der Waals surface area contributed by atoms with Gasteiger partial charge in [0.2, 0.25) is 0 Å². The van der Waals surface area contributed by atoms with Gasteiger partial charge in [0.15, 0.2) is 5.76 Å². The fourth-order valence-corrected chi connectivity index (χ4v) is 0.869. The lowest BCUT2D eigenvalue weighted by atomic mass is 10.2. The number of hydrogen-bond acceptors (Lipinski definition) is 4. The number of carbonyl (C=O) groups is 2. The van der Waals surface area contributed by atoms with Crippen LogP contribution in [0, 0.1) is 0 Å². The molecule has 0 spiro atoms. The first-order valence-electron chi connectivity index (χ1n) is 3.09. The zero-order valence-corrected chi connectivity index (χ0v) is 5.87. The van der Waals surface area contributed by atoms with Crippen molar-refractivity contribution in [1.82, 2.24) is 5.06 Å². The zero-order chi connectivity index (χ0) is 8.59. The molecule has 0 saturated heterocycles. The Morgan fingerprint density at radius 1 is 1.36 bits per heavy atom. The molecule has 0 unspecified atom stereocenters. The summed E-state index contributed by atoms with van der Waals surface area (Å²) in [6.07, 6.45) is 0.230. The summed E-state index contributed by atoms with van der Waals surface area (Å²) < 4.78 is 0. The number of nitrogens with zero attached hydrogens (tertiary/aromatic N) is 1. The molecule has 0 aromatic rings. The normalized spacial score (nSPS) is 18.5. The minimum atomic E-state index is -1.05. The Kier molecular flexibility index (Phi) is 1.66. The molecule has 60 valence electrons. The van der Waals surface area contributed by atoms with Crippen LogP contribution in [0.25, 0.3) is 0 Å². The Balaban J connectivity index is 3.08. The third kappa shape index (κ3) is 0.894. The van der Waals surface area contributed by atoms with Gasteiger partial charge in [0.1, 0.15) is 0 Å². The molecule has 0 aromatic heterocycles. The lowest BCUT2D eigenvalue weighted by molar-refractivity contribution is -0.171. The Hall–Kier alpha value is -1.36. The molecule has 0 saturated carbocycles. The lowest BCUT2D eigenvalue weighted by Crippen LogP contribution is -2.27. The van der Waals surface area contributed by atoms with E-state index in [4.69, 9.17) is 10.3 Å². The van der Waals surface area contributed by atoms with E-state index in [1.54, 1.807) is 6.92 Å². The van der Waals surface area contributed by atoms with Crippen molar-refractivity contribution in [3.8, 4) is 0 Å². The Bertz CT molecular complexity index is 255. The van der Waals surface area contributed by atoms with Crippen molar-refractivity contribution in [3.63, 3.8) is 0 Å². The molecule has 0 aromatic carbocycles. The quantitative estimate of drug-likeness (QED) is 0.413. The molecule has 0 aliphatic carbocycles. The second-order valence-corrected chi connectivity index (χ2v) is 2.10. The predicted molar refractivity (Wildman–Crippen MR) is 33.6 cm³/mol. The first-order valence-corrected chi connectivity index (χ1v) is 3.09. The molecule has 1 aliphatic heterocycles. The third-order valence-electron chi connectivity index (χ3n) is 1.48. The van der Waals surface area contributed by atoms with Gasteiger partial charge in [0, 0.05) is 0 Å². The number of amides is 2. The largest absolute Gasteiger partial charge is 0.503 e. The average molecular weight is 157 g/mol. The number of hydrogen-bond donors (Lipinski definition) is 2. The maximum absolute atomic E-state index is 10.8. The van der Waals surface area contributed by atoms with Crippen LogP contribution in [-0.4, -0.2) is 27.2 Å². The fourth-order valence-electron chi connectivity index (χ4n) is 0.869. The number of aliphatic hydroxyl groups excluding tert-OH is 1. The predicted octanol–water partition coefficient (Wildman–Crippen LogP) is -0.0335. The average Bonchev–Trinajstić information content (AvgIpc) is 2.17. The van der Waals surface area contributed by atoms with E-state index in [2.05, 4.69) is 0 Å². The smallest absolute Gasteiger partial charge is 0.320 e. The summed E-state index contributed by atoms with van der Waals surface area (Å²) in [4.78, 5) is 21.4. The van der Waals surface area contributed by atoms with E-state index in [9.17, 15) is 9.59 Å². The number of rotatable bonds is 1. The van der Waals surface area contributed by atoms with Gasteiger partial charge in [0.25, 0.3) is 5.91 Å². The summed E-state index contributed by atoms with van der Waals surface area (Å²) in [7, 11) is 0. The van der Waals surface area contributed by atoms with Gasteiger partial charge in [0.05, 0.1) is 5.57 Å². The van der Waals surface area contributed by atoms with Gasteiger partial charge in [-0.05, 0) is 6.42 Å². The van der Waals surface area contributed by atoms with Crippen LogP contribution in [0.3, 0.4) is 0 Å². The molecule has 11 heavy (non-hydrogen) atoms. The van der Waals surface area contributed by atoms with Crippen LogP contribution in [0.4, 0.5) is 0 Å². The van der Waals surface area contributed by atoms with E-state index in [0.29, 0.717) is 0 Å². The standard InChI is InChI=1S/C6H7NO4/c1-2-3-4(8)6(10)7(11)5(3)9/h8,11H,2H2,1H3. The molecule has 1 rings (SSSR count). The van der Waals surface area contributed by atoms with Gasteiger partial charge in [-0.2, -0.15) is 0 Å². The van der Waals surface area contributed by atoms with E-state index >= 15 is 0 Å². The van der Waals surface area contributed by atoms with Crippen molar-refractivity contribution < 1.29 is 19.9 Å². The van der Waals surface area contributed by atoms with Crippen molar-refractivity contribution in [2.24, 2.45) is 0 Å². The minimum Gasteiger partial charge on any atom is -0.503 e. The Morgan fingerprint density at radius 3 is 2.09 bits per heavy atom. The van der Waals surface area contributed by atoms with E-state index in [1.807, 2.05) is 0 Å². The topological polar surface area (TPSA) is 77.8 Å². The number of imide groups is 1. The molecule has 5 heteroatoms. The van der Waals surface area contributed by atoms with Crippen LogP contribution in [0.1, 0.15) is 13.3 Å². The van der Waals surface area contributed by atoms with Gasteiger partial charge >= 0.3 is 5.91 Å². The molecule has 2 N–H and O–H groups in total. The highest BCUT2D eigenvalue weighted by Gasteiger charge is 2.36. The number of aliphatic hydroxyl groups is 1. The van der Waals surface area contributed by atoms with E-state index in [1.165, 1.54) is 0 Å². The molecule has 2 amide bonds. The fraction of sp³-hybridized carbons (Fsp3) is 0.333. The highest BCUT2D eigenvalue weighted by molar-refractivity contribution is 6.16. The summed E-state index contributed by atoms with van der Waals surface area (Å²) in [5.74, 6) is -2.54. The SMILES string of the molecule is CCC1=C(O)C(=O)N(O)C1=O. The maximum atomic E-state index is 10.8. The molecule has 0 fully saturated rings. The van der Waals surface area contributed by atoms with Crippen molar-refractivity contribution in [2.75, 3.05) is 0 Å². The van der Waals surface area contributed by atoms with E-state index in [-0.39, 0.29) is 17.1 Å². The van der Waals surface area contributed by atoms with Gasteiger partial charge in [-0.15, -0.1) is 5.06 Å². The molecule has 1 heterocycles. The molecule has 0 atom stereocenters. The highest BCUT2D eigenvalue weighted by Crippen LogP contribution is 2.18. The van der Waals surface area contributed by atoms with Crippen LogP contribution in [0.2, 0.25) is 0 Å². The van der Waals surface area contributed by atoms with Crippen LogP contribution in [-0.2, 0) is 9.59 Å². The van der Waals surface area contributed by atoms with Crippen molar-refractivity contribution in [2.45, 2.75) is 13.3 Å². The summed E-state index contributed by atoms with van der Waals surface area (Å²) >= 11 is 0. The van der Waals surface area contributed by atoms with E-state index in [0.717, 1.165) is 0 Å². The number of carbonyl (C=O) groups excluding carboxylic acids is 2. The monoisotopic (exact) mass is 157 g/mol. The minimum absolute atomic E-state index is 0.0440. The molecule has 0 radical (unpaired) electrons. The van der Waals surface area contributed by atoms with Gasteiger partial charge in [-0.3, -0.25) is 14.8 Å². The first-order chi connectivity index (χ1) is 5.09. The summed E-state index contributed by atoms with van der Waals surface area (Å²) in [5.41, 5.74) is -0.0440. The maximum Gasteiger partial charge on any atom is 0.320 e. The van der Waals surface area contributed by atoms with Crippen LogP contribution in [0.15, 0.2) is 11.3 Å². The van der Waals surface area contributed by atoms with Crippen LogP contribution >= 0.6 is 0 Å². The Labute approximate surface area is 62.5 Å². The second kappa shape index (κ2) is 2.35. The van der Waals surface area contributed by atoms with Gasteiger partial charge < -0.3 is 5.11 Å². The molecular weight excluding hydrogens is 150 g/mol. The third-order valence-corrected chi connectivity index (χ3v) is 1.48. The van der Waals surface area contributed by atoms with E-state index < -0.39 is 17.6 Å². The lowest BCUT2D eigenvalue weighted by Gasteiger charge is -2.01. The number of hydroxylamine groups is 2. The van der Waals surface area contributed by atoms with Crippen molar-refractivity contribution >= 4 is 11.8 Å². The van der Waals surface area contributed by atoms with Crippen molar-refractivity contribution in [1.29, 1.82) is 0 Å². The first kappa shape index (κ1) is 7.74. The Morgan fingerprint density at radius 2 is 1.91 bits per heavy atom. The highest BCUT2D eigenvalue weighted by atomic mass is 16.5. The molecule has 0 bridgehead atoms.